The SMILES string of the molecule is NCCCNS(=O)(=O)c1cccc(S(=O)(=O)c2cccc(S(=O)(=O)NCCCN)c2)c1. The highest BCUT2D eigenvalue weighted by Crippen LogP contribution is 2.25. The highest BCUT2D eigenvalue weighted by Gasteiger charge is 2.23. The van der Waals surface area contributed by atoms with Crippen LogP contribution < -0.4 is 20.9 Å². The van der Waals surface area contributed by atoms with Gasteiger partial charge in [0, 0.05) is 13.1 Å². The van der Waals surface area contributed by atoms with Crippen LogP contribution >= 0.6 is 0 Å². The molecule has 0 spiro atoms. The minimum Gasteiger partial charge on any atom is -0.330 e. The number of hydrogen-bond donors (Lipinski definition) is 4. The van der Waals surface area contributed by atoms with Gasteiger partial charge in [-0.1, -0.05) is 12.1 Å². The number of hydrogen-bond acceptors (Lipinski definition) is 8. The first kappa shape index (κ1) is 25.4. The van der Waals surface area contributed by atoms with Gasteiger partial charge in [-0.15, -0.1) is 0 Å². The van der Waals surface area contributed by atoms with Crippen molar-refractivity contribution in [1.82, 2.24) is 9.44 Å². The second-order valence-corrected chi connectivity index (χ2v) is 12.0. The standard InChI is InChI=1S/C18H26N4O6S3/c19-9-3-11-21-30(25,26)17-7-1-5-15(13-17)29(23,24)16-6-2-8-18(14-16)31(27,28)22-12-4-10-20/h1-2,5-8,13-14,21-22H,3-4,9-12,19-20H2. The van der Waals surface area contributed by atoms with Gasteiger partial charge >= 0.3 is 0 Å². The fraction of sp³-hybridized carbons (Fsp3) is 0.333. The predicted octanol–water partition coefficient (Wildman–Crippen LogP) is -0.226. The number of rotatable bonds is 12. The average molecular weight is 491 g/mol. The van der Waals surface area contributed by atoms with Gasteiger partial charge in [0.2, 0.25) is 29.9 Å². The van der Waals surface area contributed by atoms with Crippen LogP contribution in [-0.4, -0.2) is 51.4 Å². The molecule has 0 atom stereocenters. The molecule has 10 nitrogen and oxygen atoms in total. The summed E-state index contributed by atoms with van der Waals surface area (Å²) in [7, 11) is -12.0. The maximum absolute atomic E-state index is 13.0. The van der Waals surface area contributed by atoms with Crippen LogP contribution in [0.2, 0.25) is 0 Å². The summed E-state index contributed by atoms with van der Waals surface area (Å²) >= 11 is 0. The van der Waals surface area contributed by atoms with E-state index < -0.39 is 29.9 Å². The molecule has 0 saturated heterocycles. The molecule has 2 aromatic rings. The molecule has 2 aromatic carbocycles. The summed E-state index contributed by atoms with van der Waals surface area (Å²) in [6.45, 7) is 0.842. The van der Waals surface area contributed by atoms with Crippen LogP contribution in [0.3, 0.4) is 0 Å². The van der Waals surface area contributed by atoms with Crippen LogP contribution in [0, 0.1) is 0 Å². The summed E-state index contributed by atoms with van der Waals surface area (Å²) in [6, 6.07) is 9.70. The van der Waals surface area contributed by atoms with E-state index in [1.54, 1.807) is 0 Å². The molecule has 172 valence electrons. The maximum Gasteiger partial charge on any atom is 0.240 e. The largest absolute Gasteiger partial charge is 0.330 e. The normalized spacial score (nSPS) is 12.7. The maximum atomic E-state index is 13.0. The predicted molar refractivity (Wildman–Crippen MR) is 116 cm³/mol. The highest BCUT2D eigenvalue weighted by atomic mass is 32.2. The molecule has 0 aliphatic heterocycles. The zero-order chi connectivity index (χ0) is 23.1. The van der Waals surface area contributed by atoms with Crippen LogP contribution in [-0.2, 0) is 29.9 Å². The highest BCUT2D eigenvalue weighted by molar-refractivity contribution is 7.92. The third-order valence-electron chi connectivity index (χ3n) is 4.20. The van der Waals surface area contributed by atoms with Gasteiger partial charge in [0.1, 0.15) is 0 Å². The Kier molecular flexibility index (Phi) is 8.71. The van der Waals surface area contributed by atoms with E-state index in [2.05, 4.69) is 9.44 Å². The molecule has 0 saturated carbocycles. The molecule has 6 N–H and O–H groups in total. The number of benzene rings is 2. The molecule has 2 rings (SSSR count). The lowest BCUT2D eigenvalue weighted by atomic mass is 10.4. The van der Waals surface area contributed by atoms with Gasteiger partial charge in [0.05, 0.1) is 19.6 Å². The van der Waals surface area contributed by atoms with Crippen LogP contribution in [0.4, 0.5) is 0 Å². The van der Waals surface area contributed by atoms with Crippen molar-refractivity contribution in [3.05, 3.63) is 48.5 Å². The Bertz CT molecular complexity index is 1120. The molecule has 0 fully saturated rings. The Labute approximate surface area is 183 Å². The van der Waals surface area contributed by atoms with Crippen LogP contribution in [0.5, 0.6) is 0 Å². The van der Waals surface area contributed by atoms with Crippen molar-refractivity contribution >= 4 is 29.9 Å². The molecular weight excluding hydrogens is 464 g/mol. The minimum atomic E-state index is -4.18. The van der Waals surface area contributed by atoms with Crippen LogP contribution in [0.25, 0.3) is 0 Å². The first-order valence-corrected chi connectivity index (χ1v) is 13.8. The lowest BCUT2D eigenvalue weighted by Gasteiger charge is -2.11. The van der Waals surface area contributed by atoms with Crippen LogP contribution in [0.15, 0.2) is 68.1 Å². The van der Waals surface area contributed by atoms with E-state index in [0.29, 0.717) is 25.9 Å². The van der Waals surface area contributed by atoms with Crippen molar-refractivity contribution in [2.24, 2.45) is 11.5 Å². The van der Waals surface area contributed by atoms with E-state index in [4.69, 9.17) is 11.5 Å². The van der Waals surface area contributed by atoms with Gasteiger partial charge in [-0.25, -0.2) is 34.7 Å². The summed E-state index contributed by atoms with van der Waals surface area (Å²) in [5.41, 5.74) is 10.7. The molecule has 0 aliphatic rings. The zero-order valence-corrected chi connectivity index (χ0v) is 19.1. The fourth-order valence-electron chi connectivity index (χ4n) is 2.54. The Balaban J connectivity index is 2.39. The number of nitrogens with two attached hydrogens (primary N) is 2. The van der Waals surface area contributed by atoms with Gasteiger partial charge in [0.15, 0.2) is 0 Å². The monoisotopic (exact) mass is 490 g/mol. The second-order valence-electron chi connectivity index (χ2n) is 6.53. The van der Waals surface area contributed by atoms with Crippen molar-refractivity contribution in [1.29, 1.82) is 0 Å². The van der Waals surface area contributed by atoms with Gasteiger partial charge in [-0.3, -0.25) is 0 Å². The summed E-state index contributed by atoms with van der Waals surface area (Å²) in [6.07, 6.45) is 0.857. The minimum absolute atomic E-state index is 0.118. The molecule has 0 aromatic heterocycles. The van der Waals surface area contributed by atoms with E-state index in [1.165, 1.54) is 36.4 Å². The number of nitrogens with one attached hydrogen (secondary N) is 2. The first-order chi connectivity index (χ1) is 14.5. The average Bonchev–Trinajstić information content (AvgIpc) is 2.74. The fourth-order valence-corrected chi connectivity index (χ4v) is 6.28. The van der Waals surface area contributed by atoms with E-state index in [-0.39, 0.29) is 32.7 Å². The van der Waals surface area contributed by atoms with E-state index >= 15 is 0 Å². The third-order valence-corrected chi connectivity index (χ3v) is 8.86. The lowest BCUT2D eigenvalue weighted by molar-refractivity contribution is 0.577. The van der Waals surface area contributed by atoms with E-state index in [0.717, 1.165) is 12.1 Å². The van der Waals surface area contributed by atoms with Gasteiger partial charge in [-0.05, 0) is 62.3 Å². The summed E-state index contributed by atoms with van der Waals surface area (Å²) < 4.78 is 80.4. The third kappa shape index (κ3) is 6.55. The number of sulfone groups is 1. The van der Waals surface area contributed by atoms with Gasteiger partial charge in [0.25, 0.3) is 0 Å². The zero-order valence-electron chi connectivity index (χ0n) is 16.7. The van der Waals surface area contributed by atoms with E-state index in [1.807, 2.05) is 0 Å². The lowest BCUT2D eigenvalue weighted by Crippen LogP contribution is -2.26. The molecule has 0 amide bonds. The Morgan fingerprint density at radius 1 is 0.613 bits per heavy atom. The van der Waals surface area contributed by atoms with Crippen molar-refractivity contribution < 1.29 is 25.3 Å². The van der Waals surface area contributed by atoms with Crippen molar-refractivity contribution in [3.63, 3.8) is 0 Å². The molecule has 31 heavy (non-hydrogen) atoms. The first-order valence-electron chi connectivity index (χ1n) is 9.39. The Morgan fingerprint density at radius 3 is 1.32 bits per heavy atom. The summed E-state index contributed by atoms with van der Waals surface area (Å²) in [5.74, 6) is 0. The Hall–Kier alpha value is -1.87. The quantitative estimate of drug-likeness (QED) is 0.295. The molecule has 13 heteroatoms. The summed E-state index contributed by atoms with van der Waals surface area (Å²) in [4.78, 5) is -1.00. The Morgan fingerprint density at radius 2 is 0.968 bits per heavy atom. The van der Waals surface area contributed by atoms with Crippen molar-refractivity contribution in [2.45, 2.75) is 32.4 Å². The van der Waals surface area contributed by atoms with Crippen molar-refractivity contribution in [3.8, 4) is 0 Å². The summed E-state index contributed by atoms with van der Waals surface area (Å²) in [5, 5.41) is 0. The van der Waals surface area contributed by atoms with E-state index in [9.17, 15) is 25.3 Å². The molecule has 0 aliphatic carbocycles. The molecular formula is C18H26N4O6S3. The van der Waals surface area contributed by atoms with Crippen molar-refractivity contribution in [2.75, 3.05) is 26.2 Å². The van der Waals surface area contributed by atoms with Crippen LogP contribution in [0.1, 0.15) is 12.8 Å². The van der Waals surface area contributed by atoms with Gasteiger partial charge < -0.3 is 11.5 Å². The molecule has 0 heterocycles. The molecule has 0 unspecified atom stereocenters. The second kappa shape index (κ2) is 10.6. The molecule has 0 radical (unpaired) electrons. The number of sulfonamides is 2. The topological polar surface area (TPSA) is 179 Å². The smallest absolute Gasteiger partial charge is 0.240 e. The van der Waals surface area contributed by atoms with Gasteiger partial charge in [-0.2, -0.15) is 0 Å². The molecule has 0 bridgehead atoms.